The third kappa shape index (κ3) is 1.85. The van der Waals surface area contributed by atoms with E-state index in [0.29, 0.717) is 17.6 Å². The SMILES string of the molecule is CC[C@]1(C)C[C@@H](F)[C@H](n2cnc3c(N)ncnc32)O1. The van der Waals surface area contributed by atoms with E-state index in [2.05, 4.69) is 15.0 Å². The number of ether oxygens (including phenoxy) is 1. The van der Waals surface area contributed by atoms with E-state index >= 15 is 0 Å². The van der Waals surface area contributed by atoms with Crippen molar-refractivity contribution in [1.29, 1.82) is 0 Å². The molecule has 0 unspecified atom stereocenters. The second-order valence-corrected chi connectivity index (χ2v) is 5.11. The third-order valence-electron chi connectivity index (χ3n) is 3.75. The minimum Gasteiger partial charge on any atom is -0.382 e. The summed E-state index contributed by atoms with van der Waals surface area (Å²) in [5.74, 6) is 0.287. The average molecular weight is 265 g/mol. The molecule has 6 nitrogen and oxygen atoms in total. The van der Waals surface area contributed by atoms with Gasteiger partial charge in [-0.2, -0.15) is 0 Å². The van der Waals surface area contributed by atoms with Crippen molar-refractivity contribution >= 4 is 17.0 Å². The molecule has 2 N–H and O–H groups in total. The van der Waals surface area contributed by atoms with Gasteiger partial charge >= 0.3 is 0 Å². The molecule has 0 amide bonds. The number of nitrogens with two attached hydrogens (primary N) is 1. The molecule has 3 atom stereocenters. The molecule has 3 heterocycles. The van der Waals surface area contributed by atoms with Crippen LogP contribution < -0.4 is 5.73 Å². The maximum atomic E-state index is 14.2. The predicted octanol–water partition coefficient (Wildman–Crippen LogP) is 1.83. The lowest BCUT2D eigenvalue weighted by Crippen LogP contribution is -2.23. The number of anilines is 1. The summed E-state index contributed by atoms with van der Waals surface area (Å²) >= 11 is 0. The summed E-state index contributed by atoms with van der Waals surface area (Å²) in [4.78, 5) is 12.1. The summed E-state index contributed by atoms with van der Waals surface area (Å²) in [5.41, 5.74) is 6.25. The monoisotopic (exact) mass is 265 g/mol. The number of imidazole rings is 1. The molecule has 3 rings (SSSR count). The molecule has 1 fully saturated rings. The fourth-order valence-corrected chi connectivity index (χ4v) is 2.44. The lowest BCUT2D eigenvalue weighted by molar-refractivity contribution is -0.0710. The van der Waals surface area contributed by atoms with Crippen LogP contribution in [-0.4, -0.2) is 31.3 Å². The van der Waals surface area contributed by atoms with Gasteiger partial charge in [-0.3, -0.25) is 4.57 Å². The molecule has 102 valence electrons. The Morgan fingerprint density at radius 1 is 1.53 bits per heavy atom. The van der Waals surface area contributed by atoms with E-state index in [-0.39, 0.29) is 5.82 Å². The minimum absolute atomic E-state index is 0.287. The first-order chi connectivity index (χ1) is 9.04. The number of nitrogen functional groups attached to an aromatic ring is 1. The molecule has 7 heteroatoms. The van der Waals surface area contributed by atoms with Gasteiger partial charge < -0.3 is 10.5 Å². The number of hydrogen-bond donors (Lipinski definition) is 1. The molecule has 1 saturated heterocycles. The highest BCUT2D eigenvalue weighted by Crippen LogP contribution is 2.41. The van der Waals surface area contributed by atoms with Crippen LogP contribution in [0.1, 0.15) is 32.9 Å². The van der Waals surface area contributed by atoms with Gasteiger partial charge in [0.25, 0.3) is 0 Å². The van der Waals surface area contributed by atoms with Gasteiger partial charge in [-0.25, -0.2) is 19.3 Å². The van der Waals surface area contributed by atoms with Crippen molar-refractivity contribution in [3.8, 4) is 0 Å². The minimum atomic E-state index is -1.08. The molecule has 2 aromatic heterocycles. The number of alkyl halides is 1. The zero-order valence-electron chi connectivity index (χ0n) is 10.9. The molecule has 1 aliphatic heterocycles. The van der Waals surface area contributed by atoms with Crippen LogP contribution in [0.2, 0.25) is 0 Å². The van der Waals surface area contributed by atoms with Crippen LogP contribution in [0.5, 0.6) is 0 Å². The molecular formula is C12H16FN5O. The second-order valence-electron chi connectivity index (χ2n) is 5.11. The van der Waals surface area contributed by atoms with Gasteiger partial charge in [-0.05, 0) is 13.3 Å². The quantitative estimate of drug-likeness (QED) is 0.896. The van der Waals surface area contributed by atoms with Crippen LogP contribution in [0.25, 0.3) is 11.2 Å². The number of fused-ring (bicyclic) bond motifs is 1. The van der Waals surface area contributed by atoms with E-state index in [1.165, 1.54) is 12.7 Å². The first-order valence-corrected chi connectivity index (χ1v) is 6.29. The summed E-state index contributed by atoms with van der Waals surface area (Å²) < 4.78 is 21.7. The maximum absolute atomic E-state index is 14.2. The Balaban J connectivity index is 2.04. The van der Waals surface area contributed by atoms with Crippen LogP contribution in [0.4, 0.5) is 10.2 Å². The number of rotatable bonds is 2. The van der Waals surface area contributed by atoms with E-state index < -0.39 is 18.0 Å². The zero-order chi connectivity index (χ0) is 13.6. The fraction of sp³-hybridized carbons (Fsp3) is 0.583. The van der Waals surface area contributed by atoms with Crippen LogP contribution >= 0.6 is 0 Å². The van der Waals surface area contributed by atoms with Gasteiger partial charge in [0.2, 0.25) is 0 Å². The van der Waals surface area contributed by atoms with E-state index in [4.69, 9.17) is 10.5 Å². The maximum Gasteiger partial charge on any atom is 0.168 e. The molecular weight excluding hydrogens is 249 g/mol. The number of halogens is 1. The standard InChI is InChI=1S/C12H16FN5O/c1-3-12(2)4-7(13)11(19-12)18-6-17-8-9(14)15-5-16-10(8)18/h5-7,11H,3-4H2,1-2H3,(H2,14,15,16)/t7-,11-,12-/m1/s1. The normalized spacial score (nSPS) is 31.1. The van der Waals surface area contributed by atoms with Crippen molar-refractivity contribution in [2.75, 3.05) is 5.73 Å². The molecule has 0 aromatic carbocycles. The summed E-state index contributed by atoms with van der Waals surface area (Å²) in [5, 5.41) is 0. The highest BCUT2D eigenvalue weighted by atomic mass is 19.1. The van der Waals surface area contributed by atoms with Crippen molar-refractivity contribution < 1.29 is 9.13 Å². The molecule has 2 aromatic rings. The summed E-state index contributed by atoms with van der Waals surface area (Å²) in [7, 11) is 0. The molecule has 19 heavy (non-hydrogen) atoms. The van der Waals surface area contributed by atoms with Crippen molar-refractivity contribution in [3.05, 3.63) is 12.7 Å². The van der Waals surface area contributed by atoms with Gasteiger partial charge in [0.15, 0.2) is 17.7 Å². The van der Waals surface area contributed by atoms with Gasteiger partial charge in [0.1, 0.15) is 18.0 Å². The van der Waals surface area contributed by atoms with Crippen LogP contribution in [-0.2, 0) is 4.74 Å². The summed E-state index contributed by atoms with van der Waals surface area (Å²) in [6, 6.07) is 0. The first kappa shape index (κ1) is 12.3. The highest BCUT2D eigenvalue weighted by Gasteiger charge is 2.44. The second kappa shape index (κ2) is 4.12. The molecule has 0 spiro atoms. The number of nitrogens with zero attached hydrogens (tertiary/aromatic N) is 4. The van der Waals surface area contributed by atoms with Crippen molar-refractivity contribution in [2.24, 2.45) is 0 Å². The van der Waals surface area contributed by atoms with Gasteiger partial charge in [0, 0.05) is 6.42 Å². The third-order valence-corrected chi connectivity index (χ3v) is 3.75. The first-order valence-electron chi connectivity index (χ1n) is 6.29. The van der Waals surface area contributed by atoms with E-state index in [1.807, 2.05) is 13.8 Å². The smallest absolute Gasteiger partial charge is 0.168 e. The highest BCUT2D eigenvalue weighted by molar-refractivity contribution is 5.81. The Kier molecular flexibility index (Phi) is 2.67. The Hall–Kier alpha value is -1.76. The van der Waals surface area contributed by atoms with Crippen molar-refractivity contribution in [3.63, 3.8) is 0 Å². The molecule has 0 bridgehead atoms. The lowest BCUT2D eigenvalue weighted by atomic mass is 9.99. The van der Waals surface area contributed by atoms with Crippen molar-refractivity contribution in [1.82, 2.24) is 19.5 Å². The Morgan fingerprint density at radius 2 is 2.32 bits per heavy atom. The topological polar surface area (TPSA) is 78.9 Å². The summed E-state index contributed by atoms with van der Waals surface area (Å²) in [6.45, 7) is 3.91. The average Bonchev–Trinajstić information content (AvgIpc) is 2.92. The molecule has 0 saturated carbocycles. The Bertz CT molecular complexity index is 615. The van der Waals surface area contributed by atoms with Gasteiger partial charge in [-0.15, -0.1) is 0 Å². The molecule has 0 aliphatic carbocycles. The van der Waals surface area contributed by atoms with Gasteiger partial charge in [0.05, 0.1) is 11.9 Å². The largest absolute Gasteiger partial charge is 0.382 e. The van der Waals surface area contributed by atoms with Crippen LogP contribution in [0, 0.1) is 0 Å². The van der Waals surface area contributed by atoms with E-state index in [9.17, 15) is 4.39 Å². The Morgan fingerprint density at radius 3 is 3.00 bits per heavy atom. The molecule has 1 aliphatic rings. The van der Waals surface area contributed by atoms with Crippen LogP contribution in [0.15, 0.2) is 12.7 Å². The summed E-state index contributed by atoms with van der Waals surface area (Å²) in [6.07, 6.45) is 2.19. The van der Waals surface area contributed by atoms with E-state index in [1.54, 1.807) is 4.57 Å². The number of aromatic nitrogens is 4. The Labute approximate surface area is 109 Å². The fourth-order valence-electron chi connectivity index (χ4n) is 2.44. The molecule has 0 radical (unpaired) electrons. The lowest BCUT2D eigenvalue weighted by Gasteiger charge is -2.22. The zero-order valence-corrected chi connectivity index (χ0v) is 10.9. The van der Waals surface area contributed by atoms with Crippen molar-refractivity contribution in [2.45, 2.75) is 44.7 Å². The number of hydrogen-bond acceptors (Lipinski definition) is 5. The van der Waals surface area contributed by atoms with E-state index in [0.717, 1.165) is 6.42 Å². The predicted molar refractivity (Wildman–Crippen MR) is 68.1 cm³/mol. The van der Waals surface area contributed by atoms with Crippen LogP contribution in [0.3, 0.4) is 0 Å². The van der Waals surface area contributed by atoms with Gasteiger partial charge in [-0.1, -0.05) is 6.92 Å².